The van der Waals surface area contributed by atoms with Crippen molar-refractivity contribution in [3.8, 4) is 23.0 Å². The molecule has 2 aromatic carbocycles. The van der Waals surface area contributed by atoms with E-state index in [4.69, 9.17) is 9.47 Å². The molecule has 0 radical (unpaired) electrons. The number of benzene rings is 2. The average Bonchev–Trinajstić information content (AvgIpc) is 2.84. The van der Waals surface area contributed by atoms with Crippen LogP contribution in [-0.4, -0.2) is 40.2 Å². The molecule has 0 bridgehead atoms. The number of piperidine rings is 1. The van der Waals surface area contributed by atoms with Crippen molar-refractivity contribution >= 4 is 0 Å². The summed E-state index contributed by atoms with van der Waals surface area (Å²) in [5.41, 5.74) is 4.72. The summed E-state index contributed by atoms with van der Waals surface area (Å²) in [4.78, 5) is 10.7. The van der Waals surface area contributed by atoms with Crippen molar-refractivity contribution in [1.82, 2.24) is 14.9 Å². The number of ether oxygens (including phenoxy) is 2. The normalized spacial score (nSPS) is 16.8. The largest absolute Gasteiger partial charge is 0.468 e. The van der Waals surface area contributed by atoms with Crippen LogP contribution < -0.4 is 9.47 Å². The van der Waals surface area contributed by atoms with Gasteiger partial charge in [0.1, 0.15) is 6.61 Å². The molecule has 35 heavy (non-hydrogen) atoms. The number of rotatable bonds is 8. The van der Waals surface area contributed by atoms with Crippen LogP contribution in [0.4, 0.5) is 13.2 Å². The summed E-state index contributed by atoms with van der Waals surface area (Å²) < 4.78 is 49.5. The molecule has 1 aromatic heterocycles. The highest BCUT2D eigenvalue weighted by Gasteiger charge is 2.30. The maximum absolute atomic E-state index is 12.9. The molecule has 0 unspecified atom stereocenters. The third-order valence-corrected chi connectivity index (χ3v) is 6.38. The van der Waals surface area contributed by atoms with E-state index in [1.54, 1.807) is 0 Å². The Bertz CT molecular complexity index is 1120. The van der Waals surface area contributed by atoms with Crippen molar-refractivity contribution in [3.05, 3.63) is 71.4 Å². The molecule has 2 heterocycles. The van der Waals surface area contributed by atoms with Crippen LogP contribution in [0.5, 0.6) is 11.9 Å². The zero-order chi connectivity index (χ0) is 24.8. The summed E-state index contributed by atoms with van der Waals surface area (Å²) in [6.45, 7) is 4.24. The Morgan fingerprint density at radius 1 is 1.00 bits per heavy atom. The monoisotopic (exact) mass is 485 g/mol. The SMILES string of the molecule is Cc1c(COc2ncc(CN3CCCC[C@H]3C)c(OCC(F)(F)F)n2)cccc1-c1ccccc1. The molecule has 1 saturated heterocycles. The second-order valence-electron chi connectivity index (χ2n) is 8.95. The van der Waals surface area contributed by atoms with Gasteiger partial charge in [0.05, 0.1) is 0 Å². The second-order valence-corrected chi connectivity index (χ2v) is 8.95. The maximum Gasteiger partial charge on any atom is 0.422 e. The van der Waals surface area contributed by atoms with Crippen LogP contribution >= 0.6 is 0 Å². The van der Waals surface area contributed by atoms with Gasteiger partial charge in [-0.25, -0.2) is 4.98 Å². The van der Waals surface area contributed by atoms with Gasteiger partial charge < -0.3 is 9.47 Å². The van der Waals surface area contributed by atoms with Gasteiger partial charge in [-0.2, -0.15) is 18.2 Å². The standard InChI is InChI=1S/C27H30F3N3O2/c1-19-9-6-7-14-33(19)16-23-15-31-26(32-25(23)35-18-27(28,29)30)34-17-22-12-8-13-24(20(22)2)21-10-4-3-5-11-21/h3-5,8,10-13,15,19H,6-7,9,14,16-18H2,1-2H3/t19-/m1/s1. The van der Waals surface area contributed by atoms with Gasteiger partial charge in [0.2, 0.25) is 5.88 Å². The molecule has 4 rings (SSSR count). The summed E-state index contributed by atoms with van der Waals surface area (Å²) >= 11 is 0. The van der Waals surface area contributed by atoms with Gasteiger partial charge in [0.25, 0.3) is 0 Å². The van der Waals surface area contributed by atoms with Gasteiger partial charge in [0, 0.05) is 24.3 Å². The maximum atomic E-state index is 12.9. The van der Waals surface area contributed by atoms with Crippen LogP contribution in [0, 0.1) is 6.92 Å². The molecule has 8 heteroatoms. The van der Waals surface area contributed by atoms with Crippen LogP contribution in [-0.2, 0) is 13.2 Å². The molecule has 186 valence electrons. The molecule has 0 N–H and O–H groups in total. The number of hydrogen-bond donors (Lipinski definition) is 0. The van der Waals surface area contributed by atoms with Gasteiger partial charge in [-0.15, -0.1) is 0 Å². The molecule has 5 nitrogen and oxygen atoms in total. The topological polar surface area (TPSA) is 47.5 Å². The van der Waals surface area contributed by atoms with E-state index in [9.17, 15) is 13.2 Å². The minimum Gasteiger partial charge on any atom is -0.468 e. The van der Waals surface area contributed by atoms with Gasteiger partial charge in [-0.1, -0.05) is 55.0 Å². The van der Waals surface area contributed by atoms with E-state index in [0.717, 1.165) is 48.1 Å². The highest BCUT2D eigenvalue weighted by molar-refractivity contribution is 5.68. The van der Waals surface area contributed by atoms with Gasteiger partial charge >= 0.3 is 12.2 Å². The van der Waals surface area contributed by atoms with E-state index in [0.29, 0.717) is 18.2 Å². The number of alkyl halides is 3. The molecule has 1 aliphatic rings. The fourth-order valence-corrected chi connectivity index (χ4v) is 4.35. The van der Waals surface area contributed by atoms with Crippen molar-refractivity contribution < 1.29 is 22.6 Å². The number of nitrogens with zero attached hydrogens (tertiary/aromatic N) is 3. The zero-order valence-electron chi connectivity index (χ0n) is 20.0. The van der Waals surface area contributed by atoms with Crippen LogP contribution in [0.25, 0.3) is 11.1 Å². The lowest BCUT2D eigenvalue weighted by molar-refractivity contribution is -0.154. The highest BCUT2D eigenvalue weighted by atomic mass is 19.4. The van der Waals surface area contributed by atoms with E-state index in [1.165, 1.54) is 6.20 Å². The molecular weight excluding hydrogens is 455 g/mol. The number of hydrogen-bond acceptors (Lipinski definition) is 5. The van der Waals surface area contributed by atoms with Crippen molar-refractivity contribution in [3.63, 3.8) is 0 Å². The molecule has 1 atom stereocenters. The Morgan fingerprint density at radius 2 is 1.80 bits per heavy atom. The average molecular weight is 486 g/mol. The third-order valence-electron chi connectivity index (χ3n) is 6.38. The minimum atomic E-state index is -4.46. The number of likely N-dealkylation sites (tertiary alicyclic amines) is 1. The molecule has 0 spiro atoms. The summed E-state index contributed by atoms with van der Waals surface area (Å²) in [5.74, 6) is -0.0835. The van der Waals surface area contributed by atoms with Crippen molar-refractivity contribution in [1.29, 1.82) is 0 Å². The zero-order valence-corrected chi connectivity index (χ0v) is 20.0. The Hall–Kier alpha value is -3.13. The molecule has 0 saturated carbocycles. The summed E-state index contributed by atoms with van der Waals surface area (Å²) in [5, 5.41) is 0. The third kappa shape index (κ3) is 6.72. The quantitative estimate of drug-likeness (QED) is 0.372. The molecule has 0 aliphatic carbocycles. The summed E-state index contributed by atoms with van der Waals surface area (Å²) in [7, 11) is 0. The van der Waals surface area contributed by atoms with Crippen LogP contribution in [0.3, 0.4) is 0 Å². The number of halogens is 3. The fourth-order valence-electron chi connectivity index (χ4n) is 4.35. The van der Waals surface area contributed by atoms with E-state index in [1.807, 2.05) is 55.5 Å². The van der Waals surface area contributed by atoms with Gasteiger partial charge in [-0.05, 0) is 55.5 Å². The Kier molecular flexibility index (Phi) is 7.90. The van der Waals surface area contributed by atoms with E-state index in [-0.39, 0.29) is 18.5 Å². The molecule has 0 amide bonds. The lowest BCUT2D eigenvalue weighted by atomic mass is 9.97. The molecule has 1 fully saturated rings. The smallest absolute Gasteiger partial charge is 0.422 e. The Balaban J connectivity index is 1.52. The Labute approximate surface area is 203 Å². The van der Waals surface area contributed by atoms with Crippen molar-refractivity contribution in [2.75, 3.05) is 13.2 Å². The van der Waals surface area contributed by atoms with Crippen LogP contribution in [0.2, 0.25) is 0 Å². The van der Waals surface area contributed by atoms with Gasteiger partial charge in [0.15, 0.2) is 6.61 Å². The van der Waals surface area contributed by atoms with Crippen molar-refractivity contribution in [2.24, 2.45) is 0 Å². The first-order valence-electron chi connectivity index (χ1n) is 11.9. The number of aromatic nitrogens is 2. The van der Waals surface area contributed by atoms with Gasteiger partial charge in [-0.3, -0.25) is 4.90 Å². The molecule has 1 aliphatic heterocycles. The van der Waals surface area contributed by atoms with E-state index in [2.05, 4.69) is 21.8 Å². The highest BCUT2D eigenvalue weighted by Crippen LogP contribution is 2.28. The first-order valence-corrected chi connectivity index (χ1v) is 11.9. The predicted octanol–water partition coefficient (Wildman–Crippen LogP) is 6.35. The lowest BCUT2D eigenvalue weighted by Crippen LogP contribution is -2.37. The summed E-state index contributed by atoms with van der Waals surface area (Å²) in [6.07, 6.45) is 0.331. The minimum absolute atomic E-state index is 0.0119. The second kappa shape index (κ2) is 11.1. The van der Waals surface area contributed by atoms with Crippen molar-refractivity contribution in [2.45, 2.75) is 58.5 Å². The van der Waals surface area contributed by atoms with Crippen LogP contribution in [0.15, 0.2) is 54.7 Å². The summed E-state index contributed by atoms with van der Waals surface area (Å²) in [6, 6.07) is 16.3. The molecule has 3 aromatic rings. The lowest BCUT2D eigenvalue weighted by Gasteiger charge is -2.33. The first kappa shape index (κ1) is 25.0. The fraction of sp³-hybridized carbons (Fsp3) is 0.407. The van der Waals surface area contributed by atoms with E-state index < -0.39 is 12.8 Å². The Morgan fingerprint density at radius 3 is 2.54 bits per heavy atom. The first-order chi connectivity index (χ1) is 16.8. The predicted molar refractivity (Wildman–Crippen MR) is 128 cm³/mol. The van der Waals surface area contributed by atoms with Crippen LogP contribution in [0.1, 0.15) is 42.9 Å². The molecular formula is C27H30F3N3O2. The van der Waals surface area contributed by atoms with E-state index >= 15 is 0 Å².